The molecule has 1 aliphatic heterocycles. The summed E-state index contributed by atoms with van der Waals surface area (Å²) in [5.74, 6) is -0.444. The molecule has 5 rings (SSSR count). The number of carbonyl (C=O) groups excluding carboxylic acids is 3. The van der Waals surface area contributed by atoms with Crippen LogP contribution in [0.2, 0.25) is 0 Å². The van der Waals surface area contributed by atoms with Crippen molar-refractivity contribution < 1.29 is 14.4 Å². The van der Waals surface area contributed by atoms with Gasteiger partial charge in [0, 0.05) is 24.4 Å². The summed E-state index contributed by atoms with van der Waals surface area (Å²) in [5.41, 5.74) is 21.0. The van der Waals surface area contributed by atoms with E-state index in [9.17, 15) is 19.6 Å². The van der Waals surface area contributed by atoms with Crippen LogP contribution in [0.5, 0.6) is 0 Å². The third kappa shape index (κ3) is 4.72. The molecular formula is C30H35N7O3. The molecule has 10 heteroatoms. The predicted molar refractivity (Wildman–Crippen MR) is 150 cm³/mol. The molecule has 2 aromatic rings. The van der Waals surface area contributed by atoms with Crippen LogP contribution in [-0.4, -0.2) is 54.8 Å². The molecule has 2 aromatic carbocycles. The Bertz CT molecular complexity index is 1360. The summed E-state index contributed by atoms with van der Waals surface area (Å²) in [4.78, 5) is 40.8. The third-order valence-corrected chi connectivity index (χ3v) is 8.57. The van der Waals surface area contributed by atoms with E-state index in [-0.39, 0.29) is 30.4 Å². The number of hydrogen-bond acceptors (Lipinski definition) is 7. The largest absolute Gasteiger partial charge is 0.399 e. The van der Waals surface area contributed by atoms with Crippen LogP contribution < -0.4 is 27.6 Å². The summed E-state index contributed by atoms with van der Waals surface area (Å²) in [7, 11) is 1.63. The van der Waals surface area contributed by atoms with Gasteiger partial charge in [0.2, 0.25) is 17.7 Å². The number of carbonyl (C=O) groups is 3. The molecule has 2 unspecified atom stereocenters. The molecule has 4 atom stereocenters. The number of benzene rings is 2. The molecule has 40 heavy (non-hydrogen) atoms. The lowest BCUT2D eigenvalue weighted by Crippen LogP contribution is -2.51. The molecular weight excluding hydrogens is 506 g/mol. The average molecular weight is 542 g/mol. The quantitative estimate of drug-likeness (QED) is 0.232. The number of nitrogens with two attached hydrogens (primary N) is 2. The normalized spacial score (nSPS) is 24.1. The first kappa shape index (κ1) is 27.4. The Balaban J connectivity index is 1.50. The summed E-state index contributed by atoms with van der Waals surface area (Å²) in [5, 5.41) is 12.7. The Morgan fingerprint density at radius 2 is 1.73 bits per heavy atom. The van der Waals surface area contributed by atoms with Crippen molar-refractivity contribution in [2.75, 3.05) is 20.1 Å². The highest BCUT2D eigenvalue weighted by Crippen LogP contribution is 2.47. The first-order valence-corrected chi connectivity index (χ1v) is 13.6. The Hall–Kier alpha value is -4.20. The van der Waals surface area contributed by atoms with Crippen LogP contribution in [-0.2, 0) is 27.8 Å². The van der Waals surface area contributed by atoms with Gasteiger partial charge < -0.3 is 21.7 Å². The van der Waals surface area contributed by atoms with Crippen molar-refractivity contribution in [3.8, 4) is 6.07 Å². The third-order valence-electron chi connectivity index (χ3n) is 8.57. The van der Waals surface area contributed by atoms with E-state index in [4.69, 9.17) is 11.5 Å². The van der Waals surface area contributed by atoms with Crippen LogP contribution >= 0.6 is 0 Å². The first-order valence-electron chi connectivity index (χ1n) is 13.6. The van der Waals surface area contributed by atoms with E-state index < -0.39 is 11.3 Å². The van der Waals surface area contributed by atoms with E-state index in [0.717, 1.165) is 40.7 Å². The molecule has 0 radical (unpaired) electrons. The number of likely N-dealkylation sites (tertiary alicyclic amines) is 1. The maximum absolute atomic E-state index is 14.1. The fourth-order valence-electron chi connectivity index (χ4n) is 6.54. The van der Waals surface area contributed by atoms with Crippen LogP contribution in [0.15, 0.2) is 43.0 Å². The Morgan fingerprint density at radius 3 is 2.33 bits per heavy atom. The second-order valence-electron chi connectivity index (χ2n) is 10.9. The van der Waals surface area contributed by atoms with Gasteiger partial charge in [-0.2, -0.15) is 5.26 Å². The number of nitrogens with one attached hydrogen (secondary N) is 3. The number of hydrazine groups is 1. The molecule has 1 saturated carbocycles. The fourth-order valence-corrected chi connectivity index (χ4v) is 6.54. The zero-order chi connectivity index (χ0) is 28.6. The smallest absolute Gasteiger partial charge is 0.249 e. The molecule has 1 heterocycles. The van der Waals surface area contributed by atoms with Crippen LogP contribution in [0.1, 0.15) is 57.4 Å². The number of aryl methyl sites for hydroxylation is 2. The lowest BCUT2D eigenvalue weighted by molar-refractivity contribution is -0.131. The number of nitriles is 1. The van der Waals surface area contributed by atoms with Crippen molar-refractivity contribution in [1.82, 2.24) is 21.1 Å². The molecule has 0 spiro atoms. The van der Waals surface area contributed by atoms with Crippen molar-refractivity contribution >= 4 is 23.4 Å². The van der Waals surface area contributed by atoms with Crippen molar-refractivity contribution in [3.63, 3.8) is 0 Å². The van der Waals surface area contributed by atoms with Crippen molar-refractivity contribution in [2.24, 2.45) is 17.4 Å². The maximum Gasteiger partial charge on any atom is 0.249 e. The number of nitrogens with zero attached hydrogens (tertiary/aromatic N) is 2. The van der Waals surface area contributed by atoms with Crippen molar-refractivity contribution in [2.45, 2.75) is 49.6 Å². The molecule has 3 amide bonds. The average Bonchev–Trinajstić information content (AvgIpc) is 3.63. The van der Waals surface area contributed by atoms with Gasteiger partial charge in [-0.05, 0) is 90.6 Å². The van der Waals surface area contributed by atoms with E-state index >= 15 is 0 Å². The van der Waals surface area contributed by atoms with Crippen LogP contribution in [0, 0.1) is 17.2 Å². The highest BCUT2D eigenvalue weighted by molar-refractivity contribution is 5.96. The van der Waals surface area contributed by atoms with Gasteiger partial charge in [0.25, 0.3) is 0 Å². The van der Waals surface area contributed by atoms with Crippen molar-refractivity contribution in [1.29, 1.82) is 5.26 Å². The van der Waals surface area contributed by atoms with Gasteiger partial charge in [0.05, 0.1) is 12.6 Å². The summed E-state index contributed by atoms with van der Waals surface area (Å²) in [6.07, 6.45) is 3.27. The van der Waals surface area contributed by atoms with Gasteiger partial charge >= 0.3 is 0 Å². The second kappa shape index (κ2) is 10.8. The fraction of sp³-hybridized carbons (Fsp3) is 0.400. The summed E-state index contributed by atoms with van der Waals surface area (Å²) >= 11 is 0. The Kier molecular flexibility index (Phi) is 7.36. The van der Waals surface area contributed by atoms with Crippen LogP contribution in [0.4, 0.5) is 0 Å². The zero-order valence-electron chi connectivity index (χ0n) is 22.6. The van der Waals surface area contributed by atoms with E-state index in [1.807, 2.05) is 24.3 Å². The number of primary amides is 1. The second-order valence-corrected chi connectivity index (χ2v) is 10.9. The molecule has 0 aromatic heterocycles. The minimum absolute atomic E-state index is 0.0807. The minimum Gasteiger partial charge on any atom is -0.399 e. The topological polar surface area (TPSA) is 166 Å². The number of piperidine rings is 1. The van der Waals surface area contributed by atoms with Gasteiger partial charge in [0.1, 0.15) is 11.5 Å². The van der Waals surface area contributed by atoms with Gasteiger partial charge in [-0.15, -0.1) is 0 Å². The van der Waals surface area contributed by atoms with Crippen LogP contribution in [0.3, 0.4) is 0 Å². The minimum atomic E-state index is -1.14. The number of fused-ring (bicyclic) bond motifs is 3. The lowest BCUT2D eigenvalue weighted by atomic mass is 9.69. The zero-order valence-corrected chi connectivity index (χ0v) is 22.6. The van der Waals surface area contributed by atoms with Gasteiger partial charge in [-0.3, -0.25) is 19.8 Å². The number of amides is 3. The number of rotatable bonds is 9. The molecule has 208 valence electrons. The highest BCUT2D eigenvalue weighted by atomic mass is 16.2. The maximum atomic E-state index is 14.1. The molecule has 1 saturated heterocycles. The molecule has 2 aliphatic carbocycles. The predicted octanol–water partition coefficient (Wildman–Crippen LogP) is 0.843. The van der Waals surface area contributed by atoms with E-state index in [1.165, 1.54) is 0 Å². The highest BCUT2D eigenvalue weighted by Gasteiger charge is 2.54. The standard InChI is InChI=1S/C30H35N7O3/c1-17(32)18-5-7-24-19(11-18)3-4-20-12-21(28(33)39)6-8-25(20)30(24,29(40)36-34-2)9-10-35-16-27(38)37-23(15-31)13-22-14-26(22)37/h5-8,11-12,22-23,26,34-35H,1,3-4,9-10,13-14,16,32H2,2H3,(H2,33,39)(H,36,40)/t22-,23?,26+,30?/m1/s1. The molecule has 0 bridgehead atoms. The SMILES string of the molecule is C=C(N)c1ccc2c(c1)CCc1cc(C(N)=O)ccc1C2(CCNCC(=O)N1C(C#N)C[C@@H]2C[C@@H]21)C(=O)NNC. The molecule has 10 nitrogen and oxygen atoms in total. The summed E-state index contributed by atoms with van der Waals surface area (Å²) in [6.45, 7) is 4.30. The Morgan fingerprint density at radius 1 is 1.07 bits per heavy atom. The molecule has 7 N–H and O–H groups in total. The lowest BCUT2D eigenvalue weighted by Gasteiger charge is -2.35. The van der Waals surface area contributed by atoms with Gasteiger partial charge in [-0.25, -0.2) is 5.43 Å². The van der Waals surface area contributed by atoms with Crippen molar-refractivity contribution in [3.05, 3.63) is 76.4 Å². The molecule has 3 aliphatic rings. The van der Waals surface area contributed by atoms with E-state index in [0.29, 0.717) is 43.0 Å². The number of hydrogen-bond donors (Lipinski definition) is 5. The van der Waals surface area contributed by atoms with Gasteiger partial charge in [-0.1, -0.05) is 24.8 Å². The first-order chi connectivity index (χ1) is 19.2. The summed E-state index contributed by atoms with van der Waals surface area (Å²) in [6, 6.07) is 13.1. The summed E-state index contributed by atoms with van der Waals surface area (Å²) < 4.78 is 0. The van der Waals surface area contributed by atoms with E-state index in [2.05, 4.69) is 28.8 Å². The van der Waals surface area contributed by atoms with E-state index in [1.54, 1.807) is 24.1 Å². The molecule has 2 fully saturated rings. The van der Waals surface area contributed by atoms with Gasteiger partial charge in [0.15, 0.2) is 0 Å². The van der Waals surface area contributed by atoms with Crippen LogP contribution in [0.25, 0.3) is 5.70 Å². The monoisotopic (exact) mass is 541 g/mol. The Labute approximate surface area is 233 Å².